The molecule has 2 atom stereocenters. The number of nitrogens with one attached hydrogen (secondary N) is 2. The normalized spacial score (nSPS) is 20.9. The van der Waals surface area contributed by atoms with Gasteiger partial charge in [-0.2, -0.15) is 0 Å². The summed E-state index contributed by atoms with van der Waals surface area (Å²) in [6, 6.07) is 14.1. The first-order valence-corrected chi connectivity index (χ1v) is 10.1. The van der Waals surface area contributed by atoms with Crippen LogP contribution in [0.2, 0.25) is 0 Å². The Morgan fingerprint density at radius 1 is 0.903 bits per heavy atom. The summed E-state index contributed by atoms with van der Waals surface area (Å²) in [4.78, 5) is 24.9. The van der Waals surface area contributed by atoms with Crippen LogP contribution in [0.15, 0.2) is 54.6 Å². The number of carbonyl (C=O) groups is 2. The molecule has 0 bridgehead atoms. The molecule has 166 valence electrons. The van der Waals surface area contributed by atoms with Gasteiger partial charge in [-0.05, 0) is 50.2 Å². The van der Waals surface area contributed by atoms with Gasteiger partial charge >= 0.3 is 0 Å². The molecule has 1 aliphatic rings. The van der Waals surface area contributed by atoms with E-state index in [-0.39, 0.29) is 24.9 Å². The van der Waals surface area contributed by atoms with E-state index in [1.165, 1.54) is 24.3 Å². The van der Waals surface area contributed by atoms with Crippen molar-refractivity contribution in [2.45, 2.75) is 31.8 Å². The van der Waals surface area contributed by atoms with Gasteiger partial charge in [0.25, 0.3) is 11.8 Å². The highest BCUT2D eigenvalue weighted by Gasteiger charge is 2.33. The molecular formula is C23H27FN2O5. The third kappa shape index (κ3) is 6.85. The van der Waals surface area contributed by atoms with Crippen molar-refractivity contribution in [1.82, 2.24) is 10.6 Å². The van der Waals surface area contributed by atoms with Crippen molar-refractivity contribution in [1.29, 1.82) is 0 Å². The quantitative estimate of drug-likeness (QED) is 0.736. The summed E-state index contributed by atoms with van der Waals surface area (Å²) in [5, 5.41) is 5.65. The van der Waals surface area contributed by atoms with Gasteiger partial charge in [0.2, 0.25) is 0 Å². The number of ether oxygens (including phenoxy) is 3. The van der Waals surface area contributed by atoms with Gasteiger partial charge in [0.05, 0.1) is 13.2 Å². The highest BCUT2D eigenvalue weighted by molar-refractivity contribution is 5.94. The Labute approximate surface area is 180 Å². The Kier molecular flexibility index (Phi) is 7.73. The van der Waals surface area contributed by atoms with Crippen LogP contribution >= 0.6 is 0 Å². The van der Waals surface area contributed by atoms with E-state index in [4.69, 9.17) is 14.2 Å². The maximum atomic E-state index is 13.1. The lowest BCUT2D eigenvalue weighted by Gasteiger charge is -2.37. The Morgan fingerprint density at radius 2 is 1.48 bits per heavy atom. The van der Waals surface area contributed by atoms with Crippen LogP contribution in [0.1, 0.15) is 34.6 Å². The van der Waals surface area contributed by atoms with Crippen molar-refractivity contribution >= 4 is 11.8 Å². The average Bonchev–Trinajstić information content (AvgIpc) is 2.75. The zero-order chi connectivity index (χ0) is 22.3. The molecule has 0 saturated carbocycles. The third-order valence-corrected chi connectivity index (χ3v) is 4.78. The summed E-state index contributed by atoms with van der Waals surface area (Å²) in [6.07, 6.45) is -1.10. The van der Waals surface area contributed by atoms with E-state index in [1.807, 2.05) is 6.07 Å². The van der Waals surface area contributed by atoms with E-state index in [2.05, 4.69) is 10.6 Å². The minimum Gasteiger partial charge on any atom is -0.371 e. The van der Waals surface area contributed by atoms with E-state index in [9.17, 15) is 14.0 Å². The zero-order valence-corrected chi connectivity index (χ0v) is 17.6. The number of rotatable bonds is 6. The second-order valence-electron chi connectivity index (χ2n) is 7.61. The maximum absolute atomic E-state index is 13.1. The van der Waals surface area contributed by atoms with Crippen LogP contribution in [0, 0.1) is 5.82 Å². The second-order valence-corrected chi connectivity index (χ2v) is 7.61. The van der Waals surface area contributed by atoms with E-state index < -0.39 is 23.8 Å². The van der Waals surface area contributed by atoms with Crippen molar-refractivity contribution in [3.8, 4) is 0 Å². The summed E-state index contributed by atoms with van der Waals surface area (Å²) < 4.78 is 30.7. The van der Waals surface area contributed by atoms with Crippen LogP contribution < -0.4 is 10.6 Å². The molecule has 0 spiro atoms. The van der Waals surface area contributed by atoms with Gasteiger partial charge < -0.3 is 24.8 Å². The van der Waals surface area contributed by atoms with Gasteiger partial charge in [-0.15, -0.1) is 0 Å². The lowest BCUT2D eigenvalue weighted by molar-refractivity contribution is -0.277. The third-order valence-electron chi connectivity index (χ3n) is 4.78. The number of benzene rings is 2. The first-order valence-electron chi connectivity index (χ1n) is 10.1. The van der Waals surface area contributed by atoms with Crippen molar-refractivity contribution in [2.75, 3.05) is 26.3 Å². The maximum Gasteiger partial charge on any atom is 0.251 e. The molecule has 1 aliphatic heterocycles. The topological polar surface area (TPSA) is 85.9 Å². The fourth-order valence-corrected chi connectivity index (χ4v) is 3.21. The highest BCUT2D eigenvalue weighted by atomic mass is 19.1. The lowest BCUT2D eigenvalue weighted by Crippen LogP contribution is -2.52. The molecular weight excluding hydrogens is 403 g/mol. The number of amides is 2. The molecule has 0 aromatic heterocycles. The predicted molar refractivity (Wildman–Crippen MR) is 112 cm³/mol. The molecule has 0 radical (unpaired) electrons. The van der Waals surface area contributed by atoms with E-state index in [1.54, 1.807) is 38.1 Å². The summed E-state index contributed by atoms with van der Waals surface area (Å²) in [6.45, 7) is 4.54. The Bertz CT molecular complexity index is 873. The first kappa shape index (κ1) is 22.9. The molecule has 2 N–H and O–H groups in total. The summed E-state index contributed by atoms with van der Waals surface area (Å²) in [5.74, 6) is -1.89. The Morgan fingerprint density at radius 3 is 2.13 bits per heavy atom. The summed E-state index contributed by atoms with van der Waals surface area (Å²) in [5.41, 5.74) is 0.872. The largest absolute Gasteiger partial charge is 0.371 e. The molecule has 2 aromatic rings. The van der Waals surface area contributed by atoms with E-state index in [0.29, 0.717) is 24.3 Å². The SMILES string of the molecule is CC1(C)OCCO[C@H](CNC(=O)c2ccc(F)cc2)[C@H](CNC(=O)c2ccccc2)O1. The van der Waals surface area contributed by atoms with Crippen LogP contribution in [0.4, 0.5) is 4.39 Å². The molecule has 0 unspecified atom stereocenters. The number of carbonyl (C=O) groups excluding carboxylic acids is 2. The molecule has 2 amide bonds. The summed E-state index contributed by atoms with van der Waals surface area (Å²) in [7, 11) is 0. The molecule has 3 rings (SSSR count). The fourth-order valence-electron chi connectivity index (χ4n) is 3.21. The van der Waals surface area contributed by atoms with Gasteiger partial charge in [0.1, 0.15) is 18.0 Å². The summed E-state index contributed by atoms with van der Waals surface area (Å²) >= 11 is 0. The first-order chi connectivity index (χ1) is 14.8. The minimum absolute atomic E-state index is 0.151. The molecule has 1 heterocycles. The fraction of sp³-hybridized carbons (Fsp3) is 0.391. The molecule has 2 aromatic carbocycles. The molecule has 31 heavy (non-hydrogen) atoms. The Balaban J connectivity index is 1.65. The van der Waals surface area contributed by atoms with Gasteiger partial charge in [-0.25, -0.2) is 4.39 Å². The standard InChI is InChI=1S/C23H27FN2O5/c1-23(2)30-13-12-29-19(14-25-22(28)17-8-10-18(24)11-9-17)20(31-23)15-26-21(27)16-6-4-3-5-7-16/h3-11,19-20H,12-15H2,1-2H3,(H,25,28)(H,26,27)/t19-,20+/m1/s1. The molecule has 1 fully saturated rings. The van der Waals surface area contributed by atoms with Crippen LogP contribution in [-0.4, -0.2) is 56.1 Å². The molecule has 7 nitrogen and oxygen atoms in total. The number of hydrogen-bond acceptors (Lipinski definition) is 5. The highest BCUT2D eigenvalue weighted by Crippen LogP contribution is 2.20. The van der Waals surface area contributed by atoms with Gasteiger partial charge in [0, 0.05) is 24.2 Å². The van der Waals surface area contributed by atoms with Crippen molar-refractivity contribution in [2.24, 2.45) is 0 Å². The predicted octanol–water partition coefficient (Wildman–Crippen LogP) is 2.52. The van der Waals surface area contributed by atoms with Gasteiger partial charge in [0.15, 0.2) is 5.79 Å². The number of hydrogen-bond donors (Lipinski definition) is 2. The monoisotopic (exact) mass is 430 g/mol. The molecule has 8 heteroatoms. The smallest absolute Gasteiger partial charge is 0.251 e. The number of halogens is 1. The average molecular weight is 430 g/mol. The lowest BCUT2D eigenvalue weighted by atomic mass is 10.1. The van der Waals surface area contributed by atoms with E-state index >= 15 is 0 Å². The van der Waals surface area contributed by atoms with Gasteiger partial charge in [-0.3, -0.25) is 9.59 Å². The van der Waals surface area contributed by atoms with Crippen LogP contribution in [0.5, 0.6) is 0 Å². The van der Waals surface area contributed by atoms with Gasteiger partial charge in [-0.1, -0.05) is 18.2 Å². The van der Waals surface area contributed by atoms with Crippen LogP contribution in [0.25, 0.3) is 0 Å². The van der Waals surface area contributed by atoms with Crippen LogP contribution in [0.3, 0.4) is 0 Å². The minimum atomic E-state index is -0.884. The zero-order valence-electron chi connectivity index (χ0n) is 17.6. The Hall–Kier alpha value is -2.81. The second kappa shape index (κ2) is 10.5. The van der Waals surface area contributed by atoms with Crippen molar-refractivity contribution in [3.05, 3.63) is 71.5 Å². The van der Waals surface area contributed by atoms with Crippen molar-refractivity contribution < 1.29 is 28.2 Å². The van der Waals surface area contributed by atoms with E-state index in [0.717, 1.165) is 0 Å². The molecule has 1 saturated heterocycles. The molecule has 0 aliphatic carbocycles. The van der Waals surface area contributed by atoms with Crippen LogP contribution in [-0.2, 0) is 14.2 Å². The van der Waals surface area contributed by atoms with Crippen molar-refractivity contribution in [3.63, 3.8) is 0 Å².